The number of carbonyl (C=O) groups excluding carboxylic acids is 3. The van der Waals surface area contributed by atoms with Crippen molar-refractivity contribution in [2.24, 2.45) is 0 Å². The molecule has 0 heterocycles. The van der Waals surface area contributed by atoms with Gasteiger partial charge in [0, 0.05) is 0 Å². The summed E-state index contributed by atoms with van der Waals surface area (Å²) in [6.45, 7) is 4.34. The van der Waals surface area contributed by atoms with Crippen LogP contribution in [0.4, 0.5) is 9.59 Å². The van der Waals surface area contributed by atoms with Gasteiger partial charge in [0.1, 0.15) is 18.8 Å². The maximum atomic E-state index is 12.1. The van der Waals surface area contributed by atoms with E-state index in [1.165, 1.54) is 0 Å². The van der Waals surface area contributed by atoms with E-state index in [1.54, 1.807) is 45.0 Å². The van der Waals surface area contributed by atoms with Gasteiger partial charge in [0.2, 0.25) is 0 Å². The Morgan fingerprint density at radius 3 is 2.17 bits per heavy atom. The van der Waals surface area contributed by atoms with Crippen LogP contribution in [0.3, 0.4) is 0 Å². The van der Waals surface area contributed by atoms with Gasteiger partial charge in [0.25, 0.3) is 0 Å². The molecule has 7 nitrogen and oxygen atoms in total. The predicted molar refractivity (Wildman–Crippen MR) is 81.6 cm³/mol. The summed E-state index contributed by atoms with van der Waals surface area (Å²) in [4.78, 5) is 36.1. The quantitative estimate of drug-likeness (QED) is 0.626. The molecule has 1 aromatic rings. The van der Waals surface area contributed by atoms with Crippen LogP contribution in [-0.2, 0) is 25.6 Å². The molecule has 0 aliphatic rings. The van der Waals surface area contributed by atoms with Crippen LogP contribution < -0.4 is 0 Å². The fourth-order valence-electron chi connectivity index (χ4n) is 1.51. The molecule has 0 spiro atoms. The lowest BCUT2D eigenvalue weighted by molar-refractivity contribution is -0.141. The monoisotopic (exact) mass is 323 g/mol. The number of esters is 1. The number of carbonyl (C=O) groups is 3. The maximum Gasteiger partial charge on any atom is 0.420 e. The third-order valence-corrected chi connectivity index (χ3v) is 2.55. The fraction of sp³-hybridized carbons (Fsp3) is 0.438. The Morgan fingerprint density at radius 2 is 1.65 bits per heavy atom. The lowest BCUT2D eigenvalue weighted by atomic mass is 10.2. The van der Waals surface area contributed by atoms with Crippen molar-refractivity contribution in [3.05, 3.63) is 35.9 Å². The van der Waals surface area contributed by atoms with Crippen molar-refractivity contribution in [2.45, 2.75) is 33.0 Å². The zero-order valence-corrected chi connectivity index (χ0v) is 13.7. The first kappa shape index (κ1) is 18.5. The minimum Gasteiger partial charge on any atom is -0.468 e. The van der Waals surface area contributed by atoms with E-state index in [2.05, 4.69) is 4.74 Å². The summed E-state index contributed by atoms with van der Waals surface area (Å²) >= 11 is 0. The van der Waals surface area contributed by atoms with Gasteiger partial charge in [0.05, 0.1) is 7.11 Å². The van der Waals surface area contributed by atoms with Gasteiger partial charge >= 0.3 is 18.2 Å². The molecule has 0 saturated heterocycles. The van der Waals surface area contributed by atoms with Gasteiger partial charge < -0.3 is 14.2 Å². The van der Waals surface area contributed by atoms with Gasteiger partial charge in [0.15, 0.2) is 0 Å². The van der Waals surface area contributed by atoms with E-state index in [9.17, 15) is 14.4 Å². The fourth-order valence-corrected chi connectivity index (χ4v) is 1.51. The van der Waals surface area contributed by atoms with Crippen LogP contribution in [0, 0.1) is 0 Å². The third kappa shape index (κ3) is 6.82. The number of benzene rings is 1. The smallest absolute Gasteiger partial charge is 0.420 e. The molecule has 0 fully saturated rings. The Labute approximate surface area is 135 Å². The SMILES string of the molecule is COC(=O)CN(C(=O)OCc1ccccc1)C(=O)OC(C)(C)C. The molecular weight excluding hydrogens is 302 g/mol. The molecule has 126 valence electrons. The highest BCUT2D eigenvalue weighted by molar-refractivity contribution is 5.92. The highest BCUT2D eigenvalue weighted by atomic mass is 16.6. The van der Waals surface area contributed by atoms with E-state index in [4.69, 9.17) is 9.47 Å². The van der Waals surface area contributed by atoms with Crippen LogP contribution >= 0.6 is 0 Å². The van der Waals surface area contributed by atoms with Crippen molar-refractivity contribution in [3.8, 4) is 0 Å². The molecule has 7 heteroatoms. The highest BCUT2D eigenvalue weighted by Gasteiger charge is 2.30. The normalized spacial score (nSPS) is 10.6. The van der Waals surface area contributed by atoms with Crippen LogP contribution in [0.5, 0.6) is 0 Å². The summed E-state index contributed by atoms with van der Waals surface area (Å²) in [5.74, 6) is -0.757. The predicted octanol–water partition coefficient (Wildman–Crippen LogP) is 2.73. The number of hydrogen-bond acceptors (Lipinski definition) is 6. The molecule has 0 aliphatic carbocycles. The van der Waals surface area contributed by atoms with E-state index in [0.717, 1.165) is 12.7 Å². The van der Waals surface area contributed by atoms with Crippen LogP contribution in [0.15, 0.2) is 30.3 Å². The number of ether oxygens (including phenoxy) is 3. The summed E-state index contributed by atoms with van der Waals surface area (Å²) in [5.41, 5.74) is -0.0615. The van der Waals surface area contributed by atoms with Crippen molar-refractivity contribution in [3.63, 3.8) is 0 Å². The Morgan fingerprint density at radius 1 is 1.04 bits per heavy atom. The molecule has 0 bridgehead atoms. The molecule has 1 aromatic carbocycles. The molecule has 0 radical (unpaired) electrons. The van der Waals surface area contributed by atoms with E-state index >= 15 is 0 Å². The molecule has 2 amide bonds. The van der Waals surface area contributed by atoms with E-state index in [-0.39, 0.29) is 6.61 Å². The Bertz CT molecular complexity index is 549. The number of hydrogen-bond donors (Lipinski definition) is 0. The van der Waals surface area contributed by atoms with Gasteiger partial charge in [-0.15, -0.1) is 0 Å². The van der Waals surface area contributed by atoms with Crippen molar-refractivity contribution < 1.29 is 28.6 Å². The zero-order valence-electron chi connectivity index (χ0n) is 13.7. The lowest BCUT2D eigenvalue weighted by Crippen LogP contribution is -2.44. The average molecular weight is 323 g/mol. The summed E-state index contributed by atoms with van der Waals surface area (Å²) in [6, 6.07) is 8.96. The second-order valence-corrected chi connectivity index (χ2v) is 5.68. The number of amides is 2. The molecule has 0 aliphatic heterocycles. The molecule has 0 unspecified atom stereocenters. The minimum atomic E-state index is -0.978. The summed E-state index contributed by atoms with van der Waals surface area (Å²) in [7, 11) is 1.16. The first-order chi connectivity index (χ1) is 10.7. The molecule has 0 aromatic heterocycles. The van der Waals surface area contributed by atoms with Crippen LogP contribution in [0.1, 0.15) is 26.3 Å². The number of imide groups is 1. The molecule has 1 rings (SSSR count). The second kappa shape index (κ2) is 8.17. The molecular formula is C16H21NO6. The molecule has 0 saturated carbocycles. The maximum absolute atomic E-state index is 12.1. The topological polar surface area (TPSA) is 82.1 Å². The summed E-state index contributed by atoms with van der Waals surface area (Å²) in [6.07, 6.45) is -1.95. The summed E-state index contributed by atoms with van der Waals surface area (Å²) < 4.78 is 14.6. The standard InChI is InChI=1S/C16H21NO6/c1-16(2,3)23-15(20)17(10-13(18)21-4)14(19)22-11-12-8-6-5-7-9-12/h5-9H,10-11H2,1-4H3. The lowest BCUT2D eigenvalue weighted by Gasteiger charge is -2.25. The van der Waals surface area contributed by atoms with Crippen molar-refractivity contribution >= 4 is 18.2 Å². The highest BCUT2D eigenvalue weighted by Crippen LogP contribution is 2.12. The number of rotatable bonds is 4. The van der Waals surface area contributed by atoms with Crippen LogP contribution in [-0.4, -0.2) is 42.3 Å². The van der Waals surface area contributed by atoms with Gasteiger partial charge in [-0.05, 0) is 26.3 Å². The number of methoxy groups -OCH3 is 1. The second-order valence-electron chi connectivity index (χ2n) is 5.68. The Balaban J connectivity index is 2.75. The Kier molecular flexibility index (Phi) is 6.56. The van der Waals surface area contributed by atoms with Gasteiger partial charge in [-0.25, -0.2) is 14.5 Å². The van der Waals surface area contributed by atoms with Crippen LogP contribution in [0.25, 0.3) is 0 Å². The van der Waals surface area contributed by atoms with E-state index < -0.39 is 30.3 Å². The number of nitrogens with zero attached hydrogens (tertiary/aromatic N) is 1. The van der Waals surface area contributed by atoms with Crippen molar-refractivity contribution in [1.29, 1.82) is 0 Å². The van der Waals surface area contributed by atoms with E-state index in [1.807, 2.05) is 6.07 Å². The summed E-state index contributed by atoms with van der Waals surface area (Å²) in [5, 5.41) is 0. The first-order valence-corrected chi connectivity index (χ1v) is 7.01. The zero-order chi connectivity index (χ0) is 17.5. The van der Waals surface area contributed by atoms with Crippen molar-refractivity contribution in [2.75, 3.05) is 13.7 Å². The largest absolute Gasteiger partial charge is 0.468 e. The first-order valence-electron chi connectivity index (χ1n) is 7.01. The third-order valence-electron chi connectivity index (χ3n) is 2.55. The van der Waals surface area contributed by atoms with Crippen LogP contribution in [0.2, 0.25) is 0 Å². The molecule has 0 atom stereocenters. The van der Waals surface area contributed by atoms with E-state index in [0.29, 0.717) is 4.90 Å². The van der Waals surface area contributed by atoms with Gasteiger partial charge in [-0.2, -0.15) is 0 Å². The van der Waals surface area contributed by atoms with Gasteiger partial charge in [-0.1, -0.05) is 30.3 Å². The van der Waals surface area contributed by atoms with Gasteiger partial charge in [-0.3, -0.25) is 4.79 Å². The molecule has 23 heavy (non-hydrogen) atoms. The average Bonchev–Trinajstić information content (AvgIpc) is 2.49. The molecule has 0 N–H and O–H groups in total. The minimum absolute atomic E-state index is 0.0276. The Hall–Kier alpha value is -2.57. The van der Waals surface area contributed by atoms with Crippen molar-refractivity contribution in [1.82, 2.24) is 4.90 Å².